The third kappa shape index (κ3) is 1390. The summed E-state index contributed by atoms with van der Waals surface area (Å²) < 4.78 is 17.0. The fourth-order valence-corrected chi connectivity index (χ4v) is 0. The van der Waals surface area contributed by atoms with Crippen molar-refractivity contribution in [3.63, 3.8) is 0 Å². The van der Waals surface area contributed by atoms with Crippen LogP contribution in [0.3, 0.4) is 0 Å². The zero-order valence-electron chi connectivity index (χ0n) is 3.49. The van der Waals surface area contributed by atoms with E-state index in [-0.39, 0.29) is 0 Å². The maximum atomic E-state index is 9.00. The molecule has 0 bridgehead atoms. The minimum atomic E-state index is -1.92. The van der Waals surface area contributed by atoms with Crippen LogP contribution in [0.2, 0.25) is 0 Å². The molecule has 0 aromatic heterocycles. The number of hydrogen-bond acceptors (Lipinski definition) is 3. The Morgan fingerprint density at radius 2 is 1.57 bits per heavy atom. The van der Waals surface area contributed by atoms with Crippen molar-refractivity contribution in [1.29, 1.82) is 0 Å². The molecule has 0 aliphatic carbocycles. The first-order valence-electron chi connectivity index (χ1n) is 1.19. The third-order valence-electron chi connectivity index (χ3n) is 0. The Kier molecular flexibility index (Phi) is 13.1. The summed E-state index contributed by atoms with van der Waals surface area (Å²) in [5, 5.41) is 7.42. The van der Waals surface area contributed by atoms with Gasteiger partial charge in [0.1, 0.15) is 0 Å². The van der Waals surface area contributed by atoms with Gasteiger partial charge in [-0.25, -0.2) is 0 Å². The Balaban J connectivity index is 0. The van der Waals surface area contributed by atoms with Crippen LogP contribution in [0, 0.1) is 0 Å². The van der Waals surface area contributed by atoms with Gasteiger partial charge in [-0.3, -0.25) is 4.79 Å². The number of carboxylic acids is 1. The molecule has 5 heteroatoms. The van der Waals surface area contributed by atoms with Crippen LogP contribution in [0.5, 0.6) is 0 Å². The Labute approximate surface area is 48.7 Å². The van der Waals surface area contributed by atoms with Gasteiger partial charge in [0.15, 0.2) is 0 Å². The molecule has 4 nitrogen and oxygen atoms in total. The SMILES string of the molecule is CC(=O)O.[O]=[Pt]=[O]. The van der Waals surface area contributed by atoms with Crippen LogP contribution in [-0.2, 0) is 30.1 Å². The van der Waals surface area contributed by atoms with E-state index >= 15 is 0 Å². The fraction of sp³-hybridized carbons (Fsp3) is 0.500. The van der Waals surface area contributed by atoms with Crippen LogP contribution in [-0.4, -0.2) is 11.1 Å². The Morgan fingerprint density at radius 1 is 1.57 bits per heavy atom. The topological polar surface area (TPSA) is 71.4 Å². The van der Waals surface area contributed by atoms with Gasteiger partial charge in [-0.15, -0.1) is 0 Å². The van der Waals surface area contributed by atoms with E-state index in [2.05, 4.69) is 0 Å². The quantitative estimate of drug-likeness (QED) is 0.672. The van der Waals surface area contributed by atoms with Crippen LogP contribution < -0.4 is 0 Å². The molecule has 0 aromatic rings. The van der Waals surface area contributed by atoms with Crippen molar-refractivity contribution >= 4 is 5.97 Å². The van der Waals surface area contributed by atoms with E-state index in [1.165, 1.54) is 0 Å². The van der Waals surface area contributed by atoms with Gasteiger partial charge >= 0.3 is 25.3 Å². The predicted octanol–water partition coefficient (Wildman–Crippen LogP) is -0.149. The first-order valence-corrected chi connectivity index (χ1v) is 3.04. The molecule has 7 heavy (non-hydrogen) atoms. The summed E-state index contributed by atoms with van der Waals surface area (Å²) in [7, 11) is 0. The van der Waals surface area contributed by atoms with Crippen molar-refractivity contribution in [2.24, 2.45) is 0 Å². The molecule has 0 radical (unpaired) electrons. The molecule has 0 spiro atoms. The molecule has 0 aromatic carbocycles. The minimum absolute atomic E-state index is 0.833. The van der Waals surface area contributed by atoms with E-state index in [9.17, 15) is 0 Å². The van der Waals surface area contributed by atoms with Crippen LogP contribution in [0.15, 0.2) is 0 Å². The van der Waals surface area contributed by atoms with E-state index in [0.29, 0.717) is 0 Å². The Morgan fingerprint density at radius 3 is 1.57 bits per heavy atom. The standard InChI is InChI=1S/C2H4O2.2O.Pt/c1-2(3)4;;;/h1H3,(H,3,4);;;. The number of carbonyl (C=O) groups is 1. The first kappa shape index (κ1) is 9.90. The fourth-order valence-electron chi connectivity index (χ4n) is 0. The Hall–Kier alpha value is -0.242. The molecule has 0 unspecified atom stereocenters. The average Bonchev–Trinajstić information content (AvgIpc) is 1.33. The molecule has 46 valence electrons. The van der Waals surface area contributed by atoms with Gasteiger partial charge in [0.05, 0.1) is 0 Å². The van der Waals surface area contributed by atoms with Gasteiger partial charge in [-0.1, -0.05) is 0 Å². The summed E-state index contributed by atoms with van der Waals surface area (Å²) in [6, 6.07) is 0. The van der Waals surface area contributed by atoms with Crippen LogP contribution >= 0.6 is 0 Å². The van der Waals surface area contributed by atoms with Crippen LogP contribution in [0.1, 0.15) is 6.92 Å². The molecule has 0 amide bonds. The molecule has 0 saturated carbocycles. The number of carboxylic acid groups (broad SMARTS) is 1. The van der Waals surface area contributed by atoms with Gasteiger partial charge in [0.2, 0.25) is 0 Å². The van der Waals surface area contributed by atoms with E-state index < -0.39 is 24.5 Å². The molecule has 0 heterocycles. The van der Waals surface area contributed by atoms with Gasteiger partial charge < -0.3 is 5.11 Å². The van der Waals surface area contributed by atoms with Gasteiger partial charge in [0.25, 0.3) is 5.97 Å². The average molecular weight is 287 g/mol. The van der Waals surface area contributed by atoms with Gasteiger partial charge in [0, 0.05) is 6.92 Å². The summed E-state index contributed by atoms with van der Waals surface area (Å²) in [6.07, 6.45) is 0. The molecular formula is C2H4O4Pt. The van der Waals surface area contributed by atoms with Gasteiger partial charge in [-0.05, 0) is 0 Å². The number of aliphatic carboxylic acids is 1. The summed E-state index contributed by atoms with van der Waals surface area (Å²) in [5.74, 6) is -0.833. The molecule has 0 rings (SSSR count). The van der Waals surface area contributed by atoms with E-state index in [1.807, 2.05) is 0 Å². The van der Waals surface area contributed by atoms with Crippen molar-refractivity contribution < 1.29 is 35.2 Å². The normalized spacial score (nSPS) is 6.43. The molecule has 0 saturated heterocycles. The summed E-state index contributed by atoms with van der Waals surface area (Å²) in [6.45, 7) is 1.08. The van der Waals surface area contributed by atoms with Crippen LogP contribution in [0.25, 0.3) is 0 Å². The zero-order valence-corrected chi connectivity index (χ0v) is 5.76. The van der Waals surface area contributed by atoms with E-state index in [0.717, 1.165) is 6.92 Å². The third-order valence-corrected chi connectivity index (χ3v) is 0. The van der Waals surface area contributed by atoms with Crippen molar-refractivity contribution in [3.8, 4) is 0 Å². The van der Waals surface area contributed by atoms with Crippen LogP contribution in [0.4, 0.5) is 0 Å². The summed E-state index contributed by atoms with van der Waals surface area (Å²) in [4.78, 5) is 9.00. The molecule has 0 fully saturated rings. The second-order valence-corrected chi connectivity index (χ2v) is 0.950. The van der Waals surface area contributed by atoms with E-state index in [1.54, 1.807) is 0 Å². The molecule has 0 atom stereocenters. The first-order chi connectivity index (χ1) is 3.15. The van der Waals surface area contributed by atoms with Gasteiger partial charge in [-0.2, -0.15) is 0 Å². The molecular weight excluding hydrogens is 283 g/mol. The van der Waals surface area contributed by atoms with Crippen molar-refractivity contribution in [2.75, 3.05) is 0 Å². The molecule has 1 N–H and O–H groups in total. The monoisotopic (exact) mass is 287 g/mol. The van der Waals surface area contributed by atoms with Crippen molar-refractivity contribution in [1.82, 2.24) is 0 Å². The second-order valence-electron chi connectivity index (χ2n) is 0.572. The van der Waals surface area contributed by atoms with E-state index in [4.69, 9.17) is 16.7 Å². The molecule has 0 aliphatic rings. The maximum absolute atomic E-state index is 9.00. The molecule has 0 aliphatic heterocycles. The summed E-state index contributed by atoms with van der Waals surface area (Å²) in [5.41, 5.74) is 0. The number of hydrogen-bond donors (Lipinski definition) is 1. The number of rotatable bonds is 0. The summed E-state index contributed by atoms with van der Waals surface area (Å²) >= 11 is -1.92. The van der Waals surface area contributed by atoms with Crippen molar-refractivity contribution in [2.45, 2.75) is 6.92 Å². The van der Waals surface area contributed by atoms with Crippen molar-refractivity contribution in [3.05, 3.63) is 0 Å². The Bertz CT molecular complexity index is 77.7. The zero-order chi connectivity index (χ0) is 6.28. The second kappa shape index (κ2) is 9.23. The predicted molar refractivity (Wildman–Crippen MR) is 14.7 cm³/mol.